The van der Waals surface area contributed by atoms with Gasteiger partial charge < -0.3 is 15.0 Å². The molecule has 0 aromatic carbocycles. The van der Waals surface area contributed by atoms with E-state index in [0.29, 0.717) is 17.8 Å². The van der Waals surface area contributed by atoms with Crippen molar-refractivity contribution in [3.8, 4) is 0 Å². The quantitative estimate of drug-likeness (QED) is 0.860. The number of carbonyl (C=O) groups excluding carboxylic acids is 1. The number of hydrogen-bond donors (Lipinski definition) is 2. The van der Waals surface area contributed by atoms with E-state index in [1.807, 2.05) is 6.92 Å². The van der Waals surface area contributed by atoms with Crippen LogP contribution in [0.1, 0.15) is 41.4 Å². The van der Waals surface area contributed by atoms with Crippen LogP contribution in [0.15, 0.2) is 10.9 Å². The number of rotatable bonds is 2. The molecule has 21 heavy (non-hydrogen) atoms. The van der Waals surface area contributed by atoms with Crippen molar-refractivity contribution in [2.45, 2.75) is 39.7 Å². The molecule has 2 atom stereocenters. The Hall–Kier alpha value is -2.11. The molecule has 1 aromatic heterocycles. The van der Waals surface area contributed by atoms with E-state index in [2.05, 4.69) is 4.98 Å². The summed E-state index contributed by atoms with van der Waals surface area (Å²) in [4.78, 5) is 40.1. The summed E-state index contributed by atoms with van der Waals surface area (Å²) < 4.78 is 0. The number of aryl methyl sites for hydroxylation is 2. The molecule has 1 fully saturated rings. The average molecular weight is 292 g/mol. The monoisotopic (exact) mass is 292 g/mol. The number of carboxylic acid groups (broad SMARTS) is 1. The van der Waals surface area contributed by atoms with Gasteiger partial charge in [-0.2, -0.15) is 0 Å². The van der Waals surface area contributed by atoms with E-state index in [9.17, 15) is 19.5 Å². The summed E-state index contributed by atoms with van der Waals surface area (Å²) in [6.45, 7) is 5.63. The number of nitrogens with one attached hydrogen (secondary N) is 1. The van der Waals surface area contributed by atoms with Gasteiger partial charge in [0, 0.05) is 12.2 Å². The summed E-state index contributed by atoms with van der Waals surface area (Å²) in [7, 11) is 0. The van der Waals surface area contributed by atoms with E-state index < -0.39 is 23.5 Å². The number of aliphatic carboxylic acids is 1. The smallest absolute Gasteiger partial charge is 0.326 e. The van der Waals surface area contributed by atoms with Crippen LogP contribution in [0.5, 0.6) is 0 Å². The lowest BCUT2D eigenvalue weighted by Gasteiger charge is -2.37. The normalized spacial score (nSPS) is 22.1. The highest BCUT2D eigenvalue weighted by atomic mass is 16.4. The highest BCUT2D eigenvalue weighted by Crippen LogP contribution is 2.25. The Bertz CT molecular complexity index is 635. The van der Waals surface area contributed by atoms with Gasteiger partial charge in [0.25, 0.3) is 11.5 Å². The summed E-state index contributed by atoms with van der Waals surface area (Å²) >= 11 is 0. The molecule has 0 bridgehead atoms. The van der Waals surface area contributed by atoms with Crippen LogP contribution in [0.4, 0.5) is 0 Å². The topological polar surface area (TPSA) is 90.5 Å². The van der Waals surface area contributed by atoms with E-state index in [4.69, 9.17) is 0 Å². The number of likely N-dealkylation sites (tertiary alicyclic amines) is 1. The zero-order valence-corrected chi connectivity index (χ0v) is 12.5. The third kappa shape index (κ3) is 2.84. The van der Waals surface area contributed by atoms with Gasteiger partial charge in [-0.25, -0.2) is 4.79 Å². The molecule has 1 aliphatic heterocycles. The summed E-state index contributed by atoms with van der Waals surface area (Å²) in [5, 5.41) is 9.38. The second kappa shape index (κ2) is 5.71. The van der Waals surface area contributed by atoms with E-state index >= 15 is 0 Å². The number of carboxylic acids is 1. The Morgan fingerprint density at radius 3 is 2.62 bits per heavy atom. The van der Waals surface area contributed by atoms with Crippen molar-refractivity contribution in [2.75, 3.05) is 6.54 Å². The van der Waals surface area contributed by atoms with Crippen LogP contribution < -0.4 is 5.56 Å². The molecule has 6 heteroatoms. The first kappa shape index (κ1) is 15.3. The van der Waals surface area contributed by atoms with Crippen molar-refractivity contribution in [3.05, 3.63) is 33.2 Å². The molecule has 0 spiro atoms. The Balaban J connectivity index is 2.43. The second-order valence-corrected chi connectivity index (χ2v) is 5.74. The van der Waals surface area contributed by atoms with E-state index in [-0.39, 0.29) is 11.5 Å². The zero-order chi connectivity index (χ0) is 15.7. The van der Waals surface area contributed by atoms with Crippen LogP contribution in [0.2, 0.25) is 0 Å². The molecule has 1 amide bonds. The molecular weight excluding hydrogens is 272 g/mol. The fraction of sp³-hybridized carbons (Fsp3) is 0.533. The van der Waals surface area contributed by atoms with Crippen molar-refractivity contribution < 1.29 is 14.7 Å². The maximum Gasteiger partial charge on any atom is 0.326 e. The number of piperidine rings is 1. The summed E-state index contributed by atoms with van der Waals surface area (Å²) in [6.07, 6.45) is 1.52. The Morgan fingerprint density at radius 1 is 1.38 bits per heavy atom. The van der Waals surface area contributed by atoms with Crippen molar-refractivity contribution in [3.63, 3.8) is 0 Å². The number of amides is 1. The number of hydrogen-bond acceptors (Lipinski definition) is 3. The predicted octanol–water partition coefficient (Wildman–Crippen LogP) is 1.32. The highest BCUT2D eigenvalue weighted by molar-refractivity contribution is 5.97. The first-order valence-electron chi connectivity index (χ1n) is 7.07. The number of aromatic amines is 1. The van der Waals surface area contributed by atoms with Gasteiger partial charge in [0.1, 0.15) is 11.6 Å². The third-order valence-corrected chi connectivity index (χ3v) is 4.03. The average Bonchev–Trinajstić information content (AvgIpc) is 2.36. The van der Waals surface area contributed by atoms with Crippen LogP contribution in [0.25, 0.3) is 0 Å². The predicted molar refractivity (Wildman–Crippen MR) is 77.4 cm³/mol. The molecule has 114 valence electrons. The second-order valence-electron chi connectivity index (χ2n) is 5.74. The number of aromatic nitrogens is 1. The molecule has 1 aliphatic rings. The largest absolute Gasteiger partial charge is 0.480 e. The molecule has 2 heterocycles. The molecule has 0 aliphatic carbocycles. The molecule has 2 N–H and O–H groups in total. The first-order valence-corrected chi connectivity index (χ1v) is 7.07. The summed E-state index contributed by atoms with van der Waals surface area (Å²) in [5.41, 5.74) is 0.834. The molecule has 0 saturated carbocycles. The number of pyridine rings is 1. The van der Waals surface area contributed by atoms with Crippen molar-refractivity contribution in [1.82, 2.24) is 9.88 Å². The third-order valence-electron chi connectivity index (χ3n) is 4.03. The van der Waals surface area contributed by atoms with Crippen molar-refractivity contribution in [2.24, 2.45) is 5.92 Å². The minimum absolute atomic E-state index is 0.0425. The minimum atomic E-state index is -1.02. The first-order chi connectivity index (χ1) is 9.82. The lowest BCUT2D eigenvalue weighted by Crippen LogP contribution is -2.53. The lowest BCUT2D eigenvalue weighted by molar-refractivity contribution is -0.145. The summed E-state index contributed by atoms with van der Waals surface area (Å²) in [6, 6.07) is 0.851. The Kier molecular flexibility index (Phi) is 4.16. The van der Waals surface area contributed by atoms with Crippen LogP contribution in [-0.2, 0) is 4.79 Å². The molecule has 1 aromatic rings. The van der Waals surface area contributed by atoms with Gasteiger partial charge in [0.15, 0.2) is 0 Å². The molecule has 2 rings (SSSR count). The molecular formula is C15H20N2O4. The Morgan fingerprint density at radius 2 is 2.05 bits per heavy atom. The number of nitrogens with zero attached hydrogens (tertiary/aromatic N) is 1. The fourth-order valence-corrected chi connectivity index (χ4v) is 3.06. The lowest BCUT2D eigenvalue weighted by atomic mass is 9.90. The van der Waals surface area contributed by atoms with Gasteiger partial charge in [-0.3, -0.25) is 9.59 Å². The van der Waals surface area contributed by atoms with Crippen LogP contribution in [-0.4, -0.2) is 39.5 Å². The van der Waals surface area contributed by atoms with Crippen LogP contribution in [0.3, 0.4) is 0 Å². The molecule has 1 saturated heterocycles. The number of H-pyrrole nitrogens is 1. The van der Waals surface area contributed by atoms with Gasteiger partial charge >= 0.3 is 5.97 Å². The fourth-order valence-electron chi connectivity index (χ4n) is 3.06. The van der Waals surface area contributed by atoms with E-state index in [0.717, 1.165) is 12.8 Å². The van der Waals surface area contributed by atoms with E-state index in [1.165, 1.54) is 4.90 Å². The minimum Gasteiger partial charge on any atom is -0.480 e. The molecule has 2 unspecified atom stereocenters. The molecule has 6 nitrogen and oxygen atoms in total. The standard InChI is InChI=1S/C15H20N2O4/c1-8-5-4-6-17(12(8)15(20)21)14(19)11-9(2)7-10(3)16-13(11)18/h7-8,12H,4-6H2,1-3H3,(H,16,18)(H,20,21). The van der Waals surface area contributed by atoms with Crippen molar-refractivity contribution in [1.29, 1.82) is 0 Å². The van der Waals surface area contributed by atoms with Gasteiger partial charge in [-0.05, 0) is 44.2 Å². The van der Waals surface area contributed by atoms with Crippen LogP contribution >= 0.6 is 0 Å². The number of carbonyl (C=O) groups is 2. The Labute approximate surface area is 122 Å². The van der Waals surface area contributed by atoms with Gasteiger partial charge in [-0.15, -0.1) is 0 Å². The summed E-state index contributed by atoms with van der Waals surface area (Å²) in [5.74, 6) is -1.63. The van der Waals surface area contributed by atoms with E-state index in [1.54, 1.807) is 19.9 Å². The van der Waals surface area contributed by atoms with Crippen LogP contribution in [0, 0.1) is 19.8 Å². The zero-order valence-electron chi connectivity index (χ0n) is 12.5. The van der Waals surface area contributed by atoms with Gasteiger partial charge in [-0.1, -0.05) is 6.92 Å². The maximum absolute atomic E-state index is 12.7. The maximum atomic E-state index is 12.7. The molecule has 0 radical (unpaired) electrons. The highest BCUT2D eigenvalue weighted by Gasteiger charge is 2.38. The van der Waals surface area contributed by atoms with Gasteiger partial charge in [0.2, 0.25) is 0 Å². The van der Waals surface area contributed by atoms with Crippen molar-refractivity contribution >= 4 is 11.9 Å². The van der Waals surface area contributed by atoms with Gasteiger partial charge in [0.05, 0.1) is 0 Å². The SMILES string of the molecule is Cc1cc(C)c(C(=O)N2CCCC(C)C2C(=O)O)c(=O)[nH]1.